The normalized spacial score (nSPS) is 10.7. The molecule has 0 saturated heterocycles. The Morgan fingerprint density at radius 1 is 1.22 bits per heavy atom. The minimum Gasteiger partial charge on any atom is -0.366 e. The van der Waals surface area contributed by atoms with Crippen molar-refractivity contribution < 1.29 is 4.79 Å². The largest absolute Gasteiger partial charge is 0.366 e. The second-order valence-corrected chi connectivity index (χ2v) is 3.92. The maximum Gasteiger partial charge on any atom is 0.248 e. The van der Waals surface area contributed by atoms with E-state index in [9.17, 15) is 4.79 Å². The fourth-order valence-corrected chi connectivity index (χ4v) is 1.90. The molecule has 88 valence electrons. The molecule has 0 atom stereocenters. The van der Waals surface area contributed by atoms with Crippen molar-refractivity contribution in [2.24, 2.45) is 5.73 Å². The van der Waals surface area contributed by atoms with Crippen LogP contribution in [0.2, 0.25) is 0 Å². The van der Waals surface area contributed by atoms with Crippen LogP contribution in [0.15, 0.2) is 42.6 Å². The van der Waals surface area contributed by atoms with Crippen LogP contribution in [0, 0.1) is 0 Å². The standard InChI is InChI=1S/C13H10N4O/c14-12(18)9-4-1-3-8(7-9)11-10-5-2-6-15-13(10)17-16-11/h1-7H,(H2,14,18)(H,15,16,17). The third-order valence-corrected chi connectivity index (χ3v) is 2.77. The Balaban J connectivity index is 2.20. The van der Waals surface area contributed by atoms with Gasteiger partial charge in [-0.1, -0.05) is 12.1 Å². The number of benzene rings is 1. The number of carbonyl (C=O) groups is 1. The second-order valence-electron chi connectivity index (χ2n) is 3.92. The van der Waals surface area contributed by atoms with E-state index in [0.29, 0.717) is 11.2 Å². The molecule has 2 aromatic heterocycles. The number of rotatable bonds is 2. The molecular weight excluding hydrogens is 228 g/mol. The number of nitrogens with zero attached hydrogens (tertiary/aromatic N) is 2. The molecule has 1 aromatic carbocycles. The summed E-state index contributed by atoms with van der Waals surface area (Å²) in [4.78, 5) is 15.3. The molecule has 3 N–H and O–H groups in total. The Labute approximate surface area is 103 Å². The molecule has 2 heterocycles. The van der Waals surface area contributed by atoms with E-state index < -0.39 is 5.91 Å². The molecule has 0 aliphatic rings. The number of fused-ring (bicyclic) bond motifs is 1. The minimum absolute atomic E-state index is 0.446. The Bertz CT molecular complexity index is 732. The lowest BCUT2D eigenvalue weighted by Crippen LogP contribution is -2.10. The molecule has 5 heteroatoms. The highest BCUT2D eigenvalue weighted by Crippen LogP contribution is 2.25. The van der Waals surface area contributed by atoms with Crippen molar-refractivity contribution >= 4 is 16.9 Å². The van der Waals surface area contributed by atoms with E-state index in [1.54, 1.807) is 24.4 Å². The topological polar surface area (TPSA) is 84.7 Å². The molecular formula is C13H10N4O. The van der Waals surface area contributed by atoms with Crippen LogP contribution in [0.3, 0.4) is 0 Å². The third kappa shape index (κ3) is 1.62. The summed E-state index contributed by atoms with van der Waals surface area (Å²) < 4.78 is 0. The number of H-pyrrole nitrogens is 1. The summed E-state index contributed by atoms with van der Waals surface area (Å²) in [5.74, 6) is -0.446. The highest BCUT2D eigenvalue weighted by Gasteiger charge is 2.09. The van der Waals surface area contributed by atoms with Crippen LogP contribution in [0.25, 0.3) is 22.3 Å². The minimum atomic E-state index is -0.446. The van der Waals surface area contributed by atoms with Gasteiger partial charge in [-0.05, 0) is 24.3 Å². The van der Waals surface area contributed by atoms with Gasteiger partial charge in [0.15, 0.2) is 5.65 Å². The smallest absolute Gasteiger partial charge is 0.248 e. The first-order chi connectivity index (χ1) is 8.75. The molecule has 0 aliphatic heterocycles. The van der Waals surface area contributed by atoms with Gasteiger partial charge in [-0.2, -0.15) is 5.10 Å². The number of carbonyl (C=O) groups excluding carboxylic acids is 1. The van der Waals surface area contributed by atoms with Crippen molar-refractivity contribution in [1.82, 2.24) is 15.2 Å². The summed E-state index contributed by atoms with van der Waals surface area (Å²) in [6, 6.07) is 10.9. The van der Waals surface area contributed by atoms with Gasteiger partial charge in [0.05, 0.1) is 5.69 Å². The number of pyridine rings is 1. The van der Waals surface area contributed by atoms with E-state index >= 15 is 0 Å². The molecule has 18 heavy (non-hydrogen) atoms. The maximum absolute atomic E-state index is 11.2. The van der Waals surface area contributed by atoms with Crippen molar-refractivity contribution in [3.05, 3.63) is 48.2 Å². The number of amides is 1. The van der Waals surface area contributed by atoms with E-state index in [-0.39, 0.29) is 0 Å². The lowest BCUT2D eigenvalue weighted by Gasteiger charge is -2.01. The molecule has 0 saturated carbocycles. The van der Waals surface area contributed by atoms with Crippen LogP contribution < -0.4 is 5.73 Å². The first-order valence-corrected chi connectivity index (χ1v) is 5.45. The van der Waals surface area contributed by atoms with Crippen molar-refractivity contribution in [3.8, 4) is 11.3 Å². The zero-order valence-electron chi connectivity index (χ0n) is 9.42. The summed E-state index contributed by atoms with van der Waals surface area (Å²) in [7, 11) is 0. The lowest BCUT2D eigenvalue weighted by molar-refractivity contribution is 0.100. The average molecular weight is 238 g/mol. The van der Waals surface area contributed by atoms with Crippen molar-refractivity contribution in [2.75, 3.05) is 0 Å². The van der Waals surface area contributed by atoms with Crippen LogP contribution in [0.4, 0.5) is 0 Å². The molecule has 3 aromatic rings. The number of aromatic nitrogens is 3. The Morgan fingerprint density at radius 2 is 2.11 bits per heavy atom. The van der Waals surface area contributed by atoms with Crippen LogP contribution in [-0.4, -0.2) is 21.1 Å². The van der Waals surface area contributed by atoms with Crippen LogP contribution in [0.1, 0.15) is 10.4 Å². The number of nitrogens with one attached hydrogen (secondary N) is 1. The maximum atomic E-state index is 11.2. The first-order valence-electron chi connectivity index (χ1n) is 5.45. The summed E-state index contributed by atoms with van der Waals surface area (Å²) in [6.07, 6.45) is 1.69. The number of primary amides is 1. The van der Waals surface area contributed by atoms with Gasteiger partial charge in [-0.3, -0.25) is 9.89 Å². The molecule has 3 rings (SSSR count). The molecule has 5 nitrogen and oxygen atoms in total. The van der Waals surface area contributed by atoms with E-state index in [0.717, 1.165) is 16.6 Å². The predicted molar refractivity (Wildman–Crippen MR) is 67.8 cm³/mol. The van der Waals surface area contributed by atoms with E-state index in [2.05, 4.69) is 15.2 Å². The monoisotopic (exact) mass is 238 g/mol. The van der Waals surface area contributed by atoms with Crippen LogP contribution >= 0.6 is 0 Å². The van der Waals surface area contributed by atoms with Gasteiger partial charge in [0, 0.05) is 22.7 Å². The van der Waals surface area contributed by atoms with E-state index in [1.165, 1.54) is 0 Å². The fraction of sp³-hybridized carbons (Fsp3) is 0. The van der Waals surface area contributed by atoms with Crippen molar-refractivity contribution in [3.63, 3.8) is 0 Å². The molecule has 1 amide bonds. The van der Waals surface area contributed by atoms with Crippen LogP contribution in [-0.2, 0) is 0 Å². The predicted octanol–water partition coefficient (Wildman–Crippen LogP) is 1.72. The highest BCUT2D eigenvalue weighted by molar-refractivity contribution is 5.96. The number of aromatic amines is 1. The zero-order valence-corrected chi connectivity index (χ0v) is 9.42. The molecule has 0 aliphatic carbocycles. The van der Waals surface area contributed by atoms with Gasteiger partial charge in [0.2, 0.25) is 5.91 Å². The zero-order chi connectivity index (χ0) is 12.5. The molecule has 0 radical (unpaired) electrons. The molecule has 0 bridgehead atoms. The van der Waals surface area contributed by atoms with Crippen LogP contribution in [0.5, 0.6) is 0 Å². The summed E-state index contributed by atoms with van der Waals surface area (Å²) in [5.41, 5.74) is 8.09. The van der Waals surface area contributed by atoms with Crippen molar-refractivity contribution in [1.29, 1.82) is 0 Å². The molecule has 0 unspecified atom stereocenters. The molecule has 0 spiro atoms. The van der Waals surface area contributed by atoms with Gasteiger partial charge in [-0.25, -0.2) is 4.98 Å². The number of hydrogen-bond acceptors (Lipinski definition) is 3. The van der Waals surface area contributed by atoms with E-state index in [4.69, 9.17) is 5.73 Å². The first kappa shape index (κ1) is 10.5. The third-order valence-electron chi connectivity index (χ3n) is 2.77. The fourth-order valence-electron chi connectivity index (χ4n) is 1.90. The highest BCUT2D eigenvalue weighted by atomic mass is 16.1. The second kappa shape index (κ2) is 3.96. The summed E-state index contributed by atoms with van der Waals surface area (Å²) in [5, 5.41) is 7.96. The van der Waals surface area contributed by atoms with Gasteiger partial charge in [0.25, 0.3) is 0 Å². The van der Waals surface area contributed by atoms with Gasteiger partial charge >= 0.3 is 0 Å². The Kier molecular flexibility index (Phi) is 2.30. The SMILES string of the molecule is NC(=O)c1cccc(-c2[nH]nc3ncccc23)c1. The van der Waals surface area contributed by atoms with E-state index in [1.807, 2.05) is 18.2 Å². The number of nitrogens with two attached hydrogens (primary N) is 1. The molecule has 0 fully saturated rings. The average Bonchev–Trinajstić information content (AvgIpc) is 2.82. The van der Waals surface area contributed by atoms with Gasteiger partial charge in [0.1, 0.15) is 0 Å². The Hall–Kier alpha value is -2.69. The summed E-state index contributed by atoms with van der Waals surface area (Å²) >= 11 is 0. The summed E-state index contributed by atoms with van der Waals surface area (Å²) in [6.45, 7) is 0. The van der Waals surface area contributed by atoms with Gasteiger partial charge in [-0.15, -0.1) is 0 Å². The van der Waals surface area contributed by atoms with Gasteiger partial charge < -0.3 is 5.73 Å². The number of hydrogen-bond donors (Lipinski definition) is 2. The van der Waals surface area contributed by atoms with Crippen molar-refractivity contribution in [2.45, 2.75) is 0 Å². The Morgan fingerprint density at radius 3 is 2.94 bits per heavy atom. The quantitative estimate of drug-likeness (QED) is 0.712. The lowest BCUT2D eigenvalue weighted by atomic mass is 10.1.